The Morgan fingerprint density at radius 3 is 2.79 bits per heavy atom. The minimum absolute atomic E-state index is 0.100. The molecule has 0 spiro atoms. The van der Waals surface area contributed by atoms with Crippen molar-refractivity contribution >= 4 is 45.6 Å². The second-order valence-electron chi connectivity index (χ2n) is 6.25. The fourth-order valence-corrected chi connectivity index (χ4v) is 3.83. The van der Waals surface area contributed by atoms with E-state index in [4.69, 9.17) is 5.73 Å². The van der Waals surface area contributed by atoms with Crippen molar-refractivity contribution < 1.29 is 4.79 Å². The molecule has 1 atom stereocenters. The van der Waals surface area contributed by atoms with Crippen LogP contribution < -0.4 is 16.0 Å². The number of amides is 1. The van der Waals surface area contributed by atoms with Gasteiger partial charge in [-0.1, -0.05) is 12.1 Å². The van der Waals surface area contributed by atoms with Crippen LogP contribution in [0.5, 0.6) is 0 Å². The highest BCUT2D eigenvalue weighted by Crippen LogP contribution is 2.33. The van der Waals surface area contributed by atoms with Crippen LogP contribution in [0.2, 0.25) is 0 Å². The number of nitrogen functional groups attached to an aromatic ring is 1. The molecule has 0 saturated carbocycles. The number of nitrogens with one attached hydrogen (secondary N) is 1. The molecule has 1 amide bonds. The van der Waals surface area contributed by atoms with E-state index in [2.05, 4.69) is 39.7 Å². The molecule has 0 unspecified atom stereocenters. The summed E-state index contributed by atoms with van der Waals surface area (Å²) in [6, 6.07) is 13.8. The lowest BCUT2D eigenvalue weighted by atomic mass is 10.0. The summed E-state index contributed by atoms with van der Waals surface area (Å²) in [5.41, 5.74) is 9.13. The summed E-state index contributed by atoms with van der Waals surface area (Å²) in [5.74, 6) is -0.100. The Morgan fingerprint density at radius 1 is 1.25 bits per heavy atom. The number of carbonyl (C=O) groups excluding carboxylic acids is 1. The zero-order chi connectivity index (χ0) is 17.1. The molecule has 0 aromatic heterocycles. The Kier molecular flexibility index (Phi) is 5.28. The fraction of sp³-hybridized carbons (Fsp3) is 0.316. The van der Waals surface area contributed by atoms with Crippen molar-refractivity contribution in [2.45, 2.75) is 32.2 Å². The maximum Gasteiger partial charge on any atom is 0.256 e. The lowest BCUT2D eigenvalue weighted by Gasteiger charge is -2.36. The van der Waals surface area contributed by atoms with E-state index in [0.29, 0.717) is 17.3 Å². The number of nitrogens with zero attached hydrogens (tertiary/aromatic N) is 1. The Morgan fingerprint density at radius 2 is 2.04 bits per heavy atom. The van der Waals surface area contributed by atoms with E-state index in [1.807, 2.05) is 42.5 Å². The number of rotatable bonds is 3. The van der Waals surface area contributed by atoms with E-state index >= 15 is 0 Å². The van der Waals surface area contributed by atoms with Crippen LogP contribution in [0.25, 0.3) is 0 Å². The van der Waals surface area contributed by atoms with Gasteiger partial charge in [0, 0.05) is 21.8 Å². The van der Waals surface area contributed by atoms with Crippen molar-refractivity contribution in [3.63, 3.8) is 0 Å². The van der Waals surface area contributed by atoms with Crippen molar-refractivity contribution in [1.82, 2.24) is 0 Å². The summed E-state index contributed by atoms with van der Waals surface area (Å²) < 4.78 is 0.935. The van der Waals surface area contributed by atoms with Crippen LogP contribution >= 0.6 is 22.6 Å². The van der Waals surface area contributed by atoms with Crippen molar-refractivity contribution in [2.24, 2.45) is 0 Å². The summed E-state index contributed by atoms with van der Waals surface area (Å²) in [4.78, 5) is 15.1. The van der Waals surface area contributed by atoms with Crippen LogP contribution in [0.15, 0.2) is 42.5 Å². The highest BCUT2D eigenvalue weighted by Gasteiger charge is 2.22. The summed E-state index contributed by atoms with van der Waals surface area (Å²) >= 11 is 2.18. The van der Waals surface area contributed by atoms with Crippen molar-refractivity contribution in [2.75, 3.05) is 22.5 Å². The number of benzene rings is 2. The van der Waals surface area contributed by atoms with Crippen LogP contribution in [0.3, 0.4) is 0 Å². The van der Waals surface area contributed by atoms with Gasteiger partial charge in [0.15, 0.2) is 0 Å². The second-order valence-corrected chi connectivity index (χ2v) is 7.41. The molecular formula is C19H22IN3O. The van der Waals surface area contributed by atoms with E-state index in [1.54, 1.807) is 0 Å². The fourth-order valence-electron chi connectivity index (χ4n) is 3.20. The molecule has 0 aliphatic carbocycles. The molecule has 1 aliphatic heterocycles. The third kappa shape index (κ3) is 3.66. The molecule has 24 heavy (non-hydrogen) atoms. The maximum absolute atomic E-state index is 12.7. The largest absolute Gasteiger partial charge is 0.399 e. The van der Waals surface area contributed by atoms with Gasteiger partial charge in [-0.15, -0.1) is 0 Å². The first-order valence-corrected chi connectivity index (χ1v) is 9.36. The van der Waals surface area contributed by atoms with Crippen LogP contribution in [0.1, 0.15) is 36.5 Å². The predicted molar refractivity (Wildman–Crippen MR) is 109 cm³/mol. The van der Waals surface area contributed by atoms with Crippen LogP contribution in [-0.4, -0.2) is 18.5 Å². The van der Waals surface area contributed by atoms with E-state index in [-0.39, 0.29) is 5.91 Å². The average Bonchev–Trinajstić information content (AvgIpc) is 2.56. The molecule has 2 aromatic rings. The summed E-state index contributed by atoms with van der Waals surface area (Å²) in [5, 5.41) is 3.06. The molecule has 0 radical (unpaired) electrons. The first-order chi connectivity index (χ1) is 11.6. The van der Waals surface area contributed by atoms with Gasteiger partial charge in [-0.05, 0) is 79.1 Å². The standard InChI is InChI=1S/C19H22IN3O/c1-13-6-4-5-11-23(13)18-10-9-14(21)12-17(18)22-19(24)15-7-2-3-8-16(15)20/h2-3,7-10,12-13H,4-6,11,21H2,1H3,(H,22,24)/t13-/m0/s1. The first kappa shape index (κ1) is 17.1. The molecule has 1 heterocycles. The number of anilines is 3. The molecule has 126 valence electrons. The lowest BCUT2D eigenvalue weighted by molar-refractivity contribution is 0.102. The van der Waals surface area contributed by atoms with Gasteiger partial charge in [0.05, 0.1) is 16.9 Å². The smallest absolute Gasteiger partial charge is 0.256 e. The van der Waals surface area contributed by atoms with Gasteiger partial charge in [0.25, 0.3) is 5.91 Å². The minimum Gasteiger partial charge on any atom is -0.399 e. The summed E-state index contributed by atoms with van der Waals surface area (Å²) in [6.45, 7) is 3.25. The van der Waals surface area contributed by atoms with Gasteiger partial charge >= 0.3 is 0 Å². The second kappa shape index (κ2) is 7.42. The topological polar surface area (TPSA) is 58.4 Å². The quantitative estimate of drug-likeness (QED) is 0.551. The molecule has 2 aromatic carbocycles. The highest BCUT2D eigenvalue weighted by molar-refractivity contribution is 14.1. The van der Waals surface area contributed by atoms with Crippen LogP contribution in [0, 0.1) is 3.57 Å². The minimum atomic E-state index is -0.100. The molecule has 1 fully saturated rings. The zero-order valence-electron chi connectivity index (χ0n) is 13.8. The highest BCUT2D eigenvalue weighted by atomic mass is 127. The SMILES string of the molecule is C[C@H]1CCCCN1c1ccc(N)cc1NC(=O)c1ccccc1I. The van der Waals surface area contributed by atoms with Crippen LogP contribution in [-0.2, 0) is 0 Å². The van der Waals surface area contributed by atoms with E-state index in [0.717, 1.165) is 21.5 Å². The van der Waals surface area contributed by atoms with E-state index < -0.39 is 0 Å². The molecule has 0 bridgehead atoms. The van der Waals surface area contributed by atoms with Gasteiger partial charge in [0.1, 0.15) is 0 Å². The zero-order valence-corrected chi connectivity index (χ0v) is 15.9. The third-order valence-corrected chi connectivity index (χ3v) is 5.44. The van der Waals surface area contributed by atoms with Gasteiger partial charge in [-0.2, -0.15) is 0 Å². The molecule has 5 heteroatoms. The summed E-state index contributed by atoms with van der Waals surface area (Å²) in [6.07, 6.45) is 3.61. The number of nitrogens with two attached hydrogens (primary N) is 1. The Balaban J connectivity index is 1.91. The van der Waals surface area contributed by atoms with E-state index in [1.165, 1.54) is 19.3 Å². The monoisotopic (exact) mass is 435 g/mol. The lowest BCUT2D eigenvalue weighted by Crippen LogP contribution is -2.38. The van der Waals surface area contributed by atoms with Gasteiger partial charge in [-0.25, -0.2) is 0 Å². The van der Waals surface area contributed by atoms with Crippen molar-refractivity contribution in [3.05, 3.63) is 51.6 Å². The van der Waals surface area contributed by atoms with Gasteiger partial charge in [-0.3, -0.25) is 4.79 Å². The number of carbonyl (C=O) groups is 1. The predicted octanol–water partition coefficient (Wildman–Crippen LogP) is 4.50. The number of hydrogen-bond donors (Lipinski definition) is 2. The molecule has 3 rings (SSSR count). The Hall–Kier alpha value is -1.76. The number of hydrogen-bond acceptors (Lipinski definition) is 3. The Bertz CT molecular complexity index is 747. The number of piperidine rings is 1. The third-order valence-electron chi connectivity index (χ3n) is 4.50. The summed E-state index contributed by atoms with van der Waals surface area (Å²) in [7, 11) is 0. The normalized spacial score (nSPS) is 17.6. The molecule has 1 aliphatic rings. The molecule has 1 saturated heterocycles. The first-order valence-electron chi connectivity index (χ1n) is 8.28. The molecule has 4 nitrogen and oxygen atoms in total. The van der Waals surface area contributed by atoms with Crippen molar-refractivity contribution in [1.29, 1.82) is 0 Å². The van der Waals surface area contributed by atoms with Gasteiger partial charge < -0.3 is 16.0 Å². The molecular weight excluding hydrogens is 413 g/mol. The molecule has 3 N–H and O–H groups in total. The number of halogens is 1. The Labute approximate surface area is 156 Å². The van der Waals surface area contributed by atoms with Crippen LogP contribution in [0.4, 0.5) is 17.1 Å². The average molecular weight is 435 g/mol. The van der Waals surface area contributed by atoms with E-state index in [9.17, 15) is 4.79 Å². The van der Waals surface area contributed by atoms with Gasteiger partial charge in [0.2, 0.25) is 0 Å². The van der Waals surface area contributed by atoms with Crippen molar-refractivity contribution in [3.8, 4) is 0 Å². The maximum atomic E-state index is 12.7.